The molecule has 0 spiro atoms. The molecule has 1 aromatic carbocycles. The Morgan fingerprint density at radius 3 is 2.55 bits per heavy atom. The quantitative estimate of drug-likeness (QED) is 0.434. The number of benzene rings is 1. The topological polar surface area (TPSA) is 100 Å². The summed E-state index contributed by atoms with van der Waals surface area (Å²) in [6, 6.07) is 8.32. The van der Waals surface area contributed by atoms with Crippen molar-refractivity contribution in [3.05, 3.63) is 48.5 Å². The van der Waals surface area contributed by atoms with Crippen molar-refractivity contribution < 1.29 is 23.0 Å². The monoisotopic (exact) mass is 455 g/mol. The molecule has 1 aliphatic rings. The second kappa shape index (κ2) is 8.90. The minimum Gasteiger partial charge on any atom is -0.494 e. The third-order valence-corrected chi connectivity index (χ3v) is 5.02. The van der Waals surface area contributed by atoms with Crippen LogP contribution in [0.25, 0.3) is 17.0 Å². The van der Waals surface area contributed by atoms with Crippen molar-refractivity contribution in [1.29, 1.82) is 0 Å². The van der Waals surface area contributed by atoms with Gasteiger partial charge in [0.1, 0.15) is 17.0 Å². The number of rotatable bonds is 6. The molecule has 33 heavy (non-hydrogen) atoms. The molecule has 0 radical (unpaired) electrons. The molecule has 4 heterocycles. The normalized spacial score (nSPS) is 14.1. The molecule has 4 aromatic rings. The van der Waals surface area contributed by atoms with Crippen molar-refractivity contribution in [3.63, 3.8) is 0 Å². The average Bonchev–Trinajstić information content (AvgIpc) is 3.25. The zero-order chi connectivity index (χ0) is 22.8. The van der Waals surface area contributed by atoms with Crippen LogP contribution >= 0.6 is 0 Å². The smallest absolute Gasteiger partial charge is 0.328 e. The number of alkyl halides is 2. The Kier molecular flexibility index (Phi) is 5.65. The lowest BCUT2D eigenvalue weighted by atomic mass is 10.3. The lowest BCUT2D eigenvalue weighted by Crippen LogP contribution is -2.37. The van der Waals surface area contributed by atoms with E-state index in [1.165, 1.54) is 17.9 Å². The number of para-hydroxylation sites is 1. The van der Waals surface area contributed by atoms with Gasteiger partial charge in [-0.1, -0.05) is 6.07 Å². The second-order valence-corrected chi connectivity index (χ2v) is 7.04. The Balaban J connectivity index is 1.69. The zero-order valence-corrected chi connectivity index (χ0v) is 17.6. The van der Waals surface area contributed by atoms with Crippen LogP contribution in [-0.2, 0) is 4.74 Å². The van der Waals surface area contributed by atoms with Gasteiger partial charge >= 0.3 is 6.01 Å². The van der Waals surface area contributed by atoms with Gasteiger partial charge in [-0.15, -0.1) is 0 Å². The van der Waals surface area contributed by atoms with E-state index in [1.807, 2.05) is 4.90 Å². The number of imidazole rings is 1. The van der Waals surface area contributed by atoms with Gasteiger partial charge in [-0.05, 0) is 24.3 Å². The number of halogens is 2. The summed E-state index contributed by atoms with van der Waals surface area (Å²) in [6.07, 6.45) is 0.221. The Morgan fingerprint density at radius 2 is 1.82 bits per heavy atom. The first-order chi connectivity index (χ1) is 16.1. The van der Waals surface area contributed by atoms with Crippen LogP contribution in [0.4, 0.5) is 14.7 Å². The molecule has 10 nitrogen and oxygen atoms in total. The maximum Gasteiger partial charge on any atom is 0.328 e. The molecule has 170 valence electrons. The molecule has 0 saturated carbocycles. The molecule has 1 aliphatic heterocycles. The third-order valence-electron chi connectivity index (χ3n) is 5.02. The largest absolute Gasteiger partial charge is 0.494 e. The van der Waals surface area contributed by atoms with E-state index in [1.54, 1.807) is 36.5 Å². The predicted octanol–water partition coefficient (Wildman–Crippen LogP) is 3.18. The summed E-state index contributed by atoms with van der Waals surface area (Å²) in [4.78, 5) is 23.2. The molecule has 1 fully saturated rings. The molecule has 5 rings (SSSR count). The Morgan fingerprint density at radius 1 is 1.00 bits per heavy atom. The minimum atomic E-state index is -2.88. The van der Waals surface area contributed by atoms with Gasteiger partial charge in [-0.25, -0.2) is 13.8 Å². The van der Waals surface area contributed by atoms with Crippen LogP contribution in [0.2, 0.25) is 0 Å². The summed E-state index contributed by atoms with van der Waals surface area (Å²) in [5.74, 6) is 0.487. The molecule has 12 heteroatoms. The number of hydrogen-bond acceptors (Lipinski definition) is 9. The van der Waals surface area contributed by atoms with Crippen molar-refractivity contribution in [3.8, 4) is 23.5 Å². The molecule has 0 amide bonds. The van der Waals surface area contributed by atoms with Crippen LogP contribution in [0.3, 0.4) is 0 Å². The van der Waals surface area contributed by atoms with Crippen molar-refractivity contribution in [2.45, 2.75) is 6.43 Å². The molecule has 0 N–H and O–H groups in total. The number of aromatic nitrogens is 6. The number of fused-ring (bicyclic) bond motifs is 1. The van der Waals surface area contributed by atoms with Crippen LogP contribution in [0.15, 0.2) is 42.7 Å². The number of methoxy groups -OCH3 is 1. The first kappa shape index (κ1) is 20.9. The molecule has 0 atom stereocenters. The highest BCUT2D eigenvalue weighted by Crippen LogP contribution is 2.32. The third kappa shape index (κ3) is 4.12. The van der Waals surface area contributed by atoms with Crippen molar-refractivity contribution in [1.82, 2.24) is 29.5 Å². The fourth-order valence-corrected chi connectivity index (χ4v) is 3.51. The van der Waals surface area contributed by atoms with E-state index in [0.717, 1.165) is 0 Å². The Hall–Kier alpha value is -3.93. The summed E-state index contributed by atoms with van der Waals surface area (Å²) in [7, 11) is 1.45. The van der Waals surface area contributed by atoms with Crippen LogP contribution in [0, 0.1) is 0 Å². The van der Waals surface area contributed by atoms with E-state index in [2.05, 4.69) is 24.9 Å². The molecule has 0 bridgehead atoms. The van der Waals surface area contributed by atoms with E-state index in [9.17, 15) is 8.78 Å². The number of morpholine rings is 1. The number of anilines is 1. The van der Waals surface area contributed by atoms with E-state index < -0.39 is 12.2 Å². The number of ether oxygens (including phenoxy) is 3. The fourth-order valence-electron chi connectivity index (χ4n) is 3.51. The predicted molar refractivity (Wildman–Crippen MR) is 113 cm³/mol. The highest BCUT2D eigenvalue weighted by molar-refractivity contribution is 5.84. The van der Waals surface area contributed by atoms with E-state index >= 15 is 0 Å². The van der Waals surface area contributed by atoms with Crippen molar-refractivity contribution in [2.24, 2.45) is 0 Å². The molecule has 0 aliphatic carbocycles. The highest BCUT2D eigenvalue weighted by Gasteiger charge is 2.26. The van der Waals surface area contributed by atoms with Crippen LogP contribution in [0.1, 0.15) is 12.2 Å². The summed E-state index contributed by atoms with van der Waals surface area (Å²) in [5.41, 5.74) is 0.648. The van der Waals surface area contributed by atoms with Gasteiger partial charge in [0.25, 0.3) is 6.43 Å². The van der Waals surface area contributed by atoms with E-state index in [4.69, 9.17) is 14.2 Å². The van der Waals surface area contributed by atoms with Gasteiger partial charge in [0.2, 0.25) is 11.9 Å². The Labute approximate surface area is 186 Å². The van der Waals surface area contributed by atoms with Gasteiger partial charge in [0, 0.05) is 19.3 Å². The maximum absolute atomic E-state index is 14.0. The number of pyridine rings is 1. The van der Waals surface area contributed by atoms with E-state index in [0.29, 0.717) is 43.3 Å². The maximum atomic E-state index is 14.0. The van der Waals surface area contributed by atoms with Gasteiger partial charge in [-0.2, -0.15) is 15.0 Å². The highest BCUT2D eigenvalue weighted by atomic mass is 19.3. The first-order valence-electron chi connectivity index (χ1n) is 10.1. The molecule has 1 saturated heterocycles. The van der Waals surface area contributed by atoms with Crippen molar-refractivity contribution in [2.75, 3.05) is 38.3 Å². The molecular formula is C21H19F2N7O3. The summed E-state index contributed by atoms with van der Waals surface area (Å²) in [5, 5.41) is 0. The average molecular weight is 455 g/mol. The fraction of sp³-hybridized carbons (Fsp3) is 0.286. The Bertz CT molecular complexity index is 1260. The SMILES string of the molecule is COc1cccc2c1nc(C(F)F)n2-c1nc(Oc2cccnc2)nc(N2CCOCC2)n1. The van der Waals surface area contributed by atoms with Gasteiger partial charge in [0.05, 0.1) is 32.0 Å². The zero-order valence-electron chi connectivity index (χ0n) is 17.6. The van der Waals surface area contributed by atoms with E-state index in [-0.39, 0.29) is 23.4 Å². The summed E-state index contributed by atoms with van der Waals surface area (Å²) in [6.45, 7) is 2.06. The van der Waals surface area contributed by atoms with Gasteiger partial charge < -0.3 is 19.1 Å². The summed E-state index contributed by atoms with van der Waals surface area (Å²) >= 11 is 0. The van der Waals surface area contributed by atoms with Gasteiger partial charge in [0.15, 0.2) is 5.82 Å². The molecule has 3 aromatic heterocycles. The van der Waals surface area contributed by atoms with Crippen LogP contribution in [0.5, 0.6) is 17.5 Å². The molecular weight excluding hydrogens is 436 g/mol. The lowest BCUT2D eigenvalue weighted by Gasteiger charge is -2.27. The summed E-state index contributed by atoms with van der Waals surface area (Å²) < 4.78 is 45.7. The van der Waals surface area contributed by atoms with Crippen molar-refractivity contribution >= 4 is 17.0 Å². The lowest BCUT2D eigenvalue weighted by molar-refractivity contribution is 0.122. The first-order valence-corrected chi connectivity index (χ1v) is 10.1. The minimum absolute atomic E-state index is 0.0450. The second-order valence-electron chi connectivity index (χ2n) is 7.04. The van der Waals surface area contributed by atoms with Crippen LogP contribution in [-0.4, -0.2) is 62.9 Å². The standard InChI is InChI=1S/C21H19F2N7O3/c1-31-15-6-2-5-14-16(15)25-18(17(22)23)30(14)20-26-19(29-8-10-32-11-9-29)27-21(28-20)33-13-4-3-7-24-12-13/h2-7,12,17H,8-11H2,1H3. The van der Waals surface area contributed by atoms with Gasteiger partial charge in [-0.3, -0.25) is 9.55 Å². The number of nitrogens with zero attached hydrogens (tertiary/aromatic N) is 7. The molecule has 0 unspecified atom stereocenters. The number of hydrogen-bond donors (Lipinski definition) is 0. The van der Waals surface area contributed by atoms with Crippen LogP contribution < -0.4 is 14.4 Å².